The van der Waals surface area contributed by atoms with Crippen LogP contribution >= 0.6 is 0 Å². The maximum atomic E-state index is 10.8. The maximum Gasteiger partial charge on any atom is 0.307 e. The van der Waals surface area contributed by atoms with Crippen molar-refractivity contribution in [1.82, 2.24) is 4.90 Å². The molecule has 1 heterocycles. The molecule has 2 unspecified atom stereocenters. The van der Waals surface area contributed by atoms with E-state index in [1.54, 1.807) is 6.92 Å². The molecule has 0 amide bonds. The van der Waals surface area contributed by atoms with Gasteiger partial charge in [-0.05, 0) is 18.7 Å². The largest absolute Gasteiger partial charge is 0.488 e. The number of hydrogen-bond donors (Lipinski definition) is 1. The molecule has 0 bridgehead atoms. The van der Waals surface area contributed by atoms with Crippen molar-refractivity contribution in [3.63, 3.8) is 0 Å². The molecule has 0 saturated heterocycles. The van der Waals surface area contributed by atoms with Crippen molar-refractivity contribution in [1.29, 1.82) is 0 Å². The van der Waals surface area contributed by atoms with Crippen molar-refractivity contribution in [2.45, 2.75) is 19.4 Å². The van der Waals surface area contributed by atoms with E-state index in [1.807, 2.05) is 30.1 Å². The van der Waals surface area contributed by atoms with Gasteiger partial charge in [0.05, 0.1) is 5.92 Å². The van der Waals surface area contributed by atoms with E-state index in [0.717, 1.165) is 18.7 Å². The van der Waals surface area contributed by atoms with Crippen molar-refractivity contribution in [2.24, 2.45) is 5.92 Å². The summed E-state index contributed by atoms with van der Waals surface area (Å²) < 4.78 is 5.83. The molecule has 1 aromatic carbocycles. The molecule has 0 radical (unpaired) electrons. The van der Waals surface area contributed by atoms with Gasteiger partial charge in [0.15, 0.2) is 0 Å². The van der Waals surface area contributed by atoms with E-state index in [4.69, 9.17) is 9.84 Å². The predicted molar refractivity (Wildman–Crippen MR) is 68.9 cm³/mol. The second-order valence-corrected chi connectivity index (χ2v) is 5.01. The summed E-state index contributed by atoms with van der Waals surface area (Å²) in [6.07, 6.45) is 1.04. The van der Waals surface area contributed by atoms with Crippen LogP contribution < -0.4 is 4.74 Å². The number of rotatable bonds is 5. The summed E-state index contributed by atoms with van der Waals surface area (Å²) in [4.78, 5) is 12.8. The third-order valence-electron chi connectivity index (χ3n) is 3.24. The number of aliphatic carboxylic acids is 1. The zero-order valence-electron chi connectivity index (χ0n) is 10.8. The van der Waals surface area contributed by atoms with Gasteiger partial charge in [-0.25, -0.2) is 0 Å². The van der Waals surface area contributed by atoms with Crippen LogP contribution in [0.2, 0.25) is 0 Å². The number of likely N-dealkylation sites (N-methyl/N-ethyl adjacent to an activating group) is 1. The molecule has 1 aliphatic heterocycles. The molecule has 18 heavy (non-hydrogen) atoms. The Morgan fingerprint density at radius 3 is 2.94 bits per heavy atom. The summed E-state index contributed by atoms with van der Waals surface area (Å²) >= 11 is 0. The van der Waals surface area contributed by atoms with Crippen molar-refractivity contribution in [3.05, 3.63) is 29.8 Å². The van der Waals surface area contributed by atoms with E-state index < -0.39 is 5.97 Å². The minimum Gasteiger partial charge on any atom is -0.488 e. The van der Waals surface area contributed by atoms with Crippen molar-refractivity contribution in [3.8, 4) is 5.75 Å². The van der Waals surface area contributed by atoms with Crippen LogP contribution in [-0.2, 0) is 11.2 Å². The van der Waals surface area contributed by atoms with Gasteiger partial charge in [0.1, 0.15) is 11.9 Å². The lowest BCUT2D eigenvalue weighted by Gasteiger charge is -2.22. The Morgan fingerprint density at radius 1 is 1.56 bits per heavy atom. The van der Waals surface area contributed by atoms with Gasteiger partial charge >= 0.3 is 5.97 Å². The summed E-state index contributed by atoms with van der Waals surface area (Å²) in [5, 5.41) is 8.88. The number of benzene rings is 1. The van der Waals surface area contributed by atoms with Crippen LogP contribution in [0.25, 0.3) is 0 Å². The van der Waals surface area contributed by atoms with Crippen LogP contribution in [-0.4, -0.2) is 42.2 Å². The molecule has 0 fully saturated rings. The van der Waals surface area contributed by atoms with Crippen LogP contribution in [0, 0.1) is 5.92 Å². The first-order valence-corrected chi connectivity index (χ1v) is 6.22. The van der Waals surface area contributed by atoms with Gasteiger partial charge in [-0.15, -0.1) is 0 Å². The first-order chi connectivity index (χ1) is 8.56. The molecule has 4 nitrogen and oxygen atoms in total. The Kier molecular flexibility index (Phi) is 3.87. The fraction of sp³-hybridized carbons (Fsp3) is 0.500. The first-order valence-electron chi connectivity index (χ1n) is 6.22. The van der Waals surface area contributed by atoms with E-state index in [1.165, 1.54) is 5.56 Å². The Hall–Kier alpha value is -1.55. The first kappa shape index (κ1) is 12.9. The second kappa shape index (κ2) is 5.40. The number of carboxylic acid groups (broad SMARTS) is 1. The van der Waals surface area contributed by atoms with Crippen molar-refractivity contribution in [2.75, 3.05) is 20.1 Å². The van der Waals surface area contributed by atoms with Gasteiger partial charge in [0.25, 0.3) is 0 Å². The smallest absolute Gasteiger partial charge is 0.307 e. The number of fused-ring (bicyclic) bond motifs is 1. The normalized spacial score (nSPS) is 19.4. The van der Waals surface area contributed by atoms with Gasteiger partial charge in [0.2, 0.25) is 0 Å². The van der Waals surface area contributed by atoms with E-state index in [9.17, 15) is 4.79 Å². The fourth-order valence-corrected chi connectivity index (χ4v) is 2.32. The average Bonchev–Trinajstić information content (AvgIpc) is 2.70. The van der Waals surface area contributed by atoms with E-state index in [-0.39, 0.29) is 12.0 Å². The van der Waals surface area contributed by atoms with Crippen LogP contribution in [0.5, 0.6) is 5.75 Å². The zero-order chi connectivity index (χ0) is 13.1. The molecule has 1 N–H and O–H groups in total. The summed E-state index contributed by atoms with van der Waals surface area (Å²) in [6.45, 7) is 3.03. The second-order valence-electron chi connectivity index (χ2n) is 5.01. The topological polar surface area (TPSA) is 49.8 Å². The lowest BCUT2D eigenvalue weighted by atomic mass is 10.1. The lowest BCUT2D eigenvalue weighted by molar-refractivity contribution is -0.141. The van der Waals surface area contributed by atoms with Crippen molar-refractivity contribution >= 4 is 5.97 Å². The molecule has 2 atom stereocenters. The number of hydrogen-bond acceptors (Lipinski definition) is 3. The molecule has 1 aliphatic rings. The number of carboxylic acids is 1. The van der Waals surface area contributed by atoms with Gasteiger partial charge in [-0.1, -0.05) is 25.1 Å². The van der Waals surface area contributed by atoms with Crippen LogP contribution in [0.1, 0.15) is 12.5 Å². The van der Waals surface area contributed by atoms with Crippen LogP contribution in [0.15, 0.2) is 24.3 Å². The van der Waals surface area contributed by atoms with Crippen LogP contribution in [0.4, 0.5) is 0 Å². The van der Waals surface area contributed by atoms with Gasteiger partial charge in [-0.3, -0.25) is 4.79 Å². The summed E-state index contributed by atoms with van der Waals surface area (Å²) in [6, 6.07) is 8.04. The lowest BCUT2D eigenvalue weighted by Crippen LogP contribution is -2.36. The Bertz CT molecular complexity index is 408. The Morgan fingerprint density at radius 2 is 2.28 bits per heavy atom. The molecule has 98 valence electrons. The SMILES string of the molecule is CC(CN(C)CC1Cc2ccccc2O1)C(=O)O. The maximum absolute atomic E-state index is 10.8. The predicted octanol–water partition coefficient (Wildman–Crippen LogP) is 1.64. The van der Waals surface area contributed by atoms with Crippen molar-refractivity contribution < 1.29 is 14.6 Å². The highest BCUT2D eigenvalue weighted by atomic mass is 16.5. The molecule has 2 rings (SSSR count). The summed E-state index contributed by atoms with van der Waals surface area (Å²) in [5.41, 5.74) is 1.24. The number of nitrogens with zero attached hydrogens (tertiary/aromatic N) is 1. The highest BCUT2D eigenvalue weighted by molar-refractivity contribution is 5.69. The quantitative estimate of drug-likeness (QED) is 0.862. The Labute approximate surface area is 107 Å². The number of carbonyl (C=O) groups is 1. The van der Waals surface area contributed by atoms with E-state index in [0.29, 0.717) is 6.54 Å². The summed E-state index contributed by atoms with van der Waals surface area (Å²) in [7, 11) is 1.94. The number of para-hydroxylation sites is 1. The Balaban J connectivity index is 1.84. The molecule has 0 aliphatic carbocycles. The van der Waals surface area contributed by atoms with E-state index >= 15 is 0 Å². The molecular weight excluding hydrogens is 230 g/mol. The number of ether oxygens (including phenoxy) is 1. The monoisotopic (exact) mass is 249 g/mol. The molecular formula is C14H19NO3. The molecule has 1 aromatic rings. The molecule has 4 heteroatoms. The third-order valence-corrected chi connectivity index (χ3v) is 3.24. The zero-order valence-corrected chi connectivity index (χ0v) is 10.8. The highest BCUT2D eigenvalue weighted by Crippen LogP contribution is 2.28. The van der Waals surface area contributed by atoms with Gasteiger partial charge in [-0.2, -0.15) is 0 Å². The molecule has 0 saturated carbocycles. The molecule has 0 aromatic heterocycles. The summed E-state index contributed by atoms with van der Waals surface area (Å²) in [5.74, 6) is -0.140. The average molecular weight is 249 g/mol. The standard InChI is InChI=1S/C14H19NO3/c1-10(14(16)17)8-15(2)9-12-7-11-5-3-4-6-13(11)18-12/h3-6,10,12H,7-9H2,1-2H3,(H,16,17). The van der Waals surface area contributed by atoms with Gasteiger partial charge < -0.3 is 14.7 Å². The van der Waals surface area contributed by atoms with Gasteiger partial charge in [0, 0.05) is 19.5 Å². The minimum absolute atomic E-state index is 0.133. The minimum atomic E-state index is -0.752. The van der Waals surface area contributed by atoms with E-state index in [2.05, 4.69) is 6.07 Å². The highest BCUT2D eigenvalue weighted by Gasteiger charge is 2.24. The van der Waals surface area contributed by atoms with Crippen LogP contribution in [0.3, 0.4) is 0 Å². The third kappa shape index (κ3) is 3.01. The fourth-order valence-electron chi connectivity index (χ4n) is 2.32. The molecule has 0 spiro atoms.